The van der Waals surface area contributed by atoms with Crippen LogP contribution in [0.5, 0.6) is 0 Å². The van der Waals surface area contributed by atoms with E-state index in [2.05, 4.69) is 24.6 Å². The van der Waals surface area contributed by atoms with Gasteiger partial charge in [0.05, 0.1) is 11.0 Å². The summed E-state index contributed by atoms with van der Waals surface area (Å²) in [5, 5.41) is 0. The van der Waals surface area contributed by atoms with Gasteiger partial charge in [-0.3, -0.25) is 9.36 Å². The first-order chi connectivity index (χ1) is 8.99. The summed E-state index contributed by atoms with van der Waals surface area (Å²) in [6, 6.07) is 7.80. The molecule has 0 aliphatic rings. The monoisotopic (exact) mass is 276 g/mol. The molecule has 1 heterocycles. The van der Waals surface area contributed by atoms with Gasteiger partial charge in [-0.25, -0.2) is 4.98 Å². The number of ether oxygens (including phenoxy) is 1. The van der Waals surface area contributed by atoms with Crippen LogP contribution in [0.1, 0.15) is 23.4 Å². The molecular weight excluding hydrogens is 256 g/mol. The van der Waals surface area contributed by atoms with E-state index in [1.165, 1.54) is 0 Å². The molecule has 0 radical (unpaired) electrons. The van der Waals surface area contributed by atoms with Gasteiger partial charge in [0.15, 0.2) is 12.1 Å². The number of hydrogen-bond acceptors (Lipinski definition) is 3. The fourth-order valence-corrected chi connectivity index (χ4v) is 3.98. The highest BCUT2D eigenvalue weighted by atomic mass is 28.3. The summed E-state index contributed by atoms with van der Waals surface area (Å²) < 4.78 is 7.88. The van der Waals surface area contributed by atoms with Crippen molar-refractivity contribution in [1.82, 2.24) is 9.55 Å². The first-order valence-corrected chi connectivity index (χ1v) is 10.1. The zero-order valence-corrected chi connectivity index (χ0v) is 12.9. The predicted octanol–water partition coefficient (Wildman–Crippen LogP) is 3.26. The normalized spacial score (nSPS) is 13.7. The first-order valence-electron chi connectivity index (χ1n) is 6.52. The number of rotatable bonds is 5. The Hall–Kier alpha value is -1.46. The second kappa shape index (κ2) is 5.26. The van der Waals surface area contributed by atoms with Gasteiger partial charge in [-0.15, -0.1) is 0 Å². The summed E-state index contributed by atoms with van der Waals surface area (Å²) >= 11 is 0. The molecule has 19 heavy (non-hydrogen) atoms. The first kappa shape index (κ1) is 14.0. The topological polar surface area (TPSA) is 44.1 Å². The number of aromatic nitrogens is 2. The molecule has 0 N–H and O–H groups in total. The number of fused-ring (bicyclic) bond motifs is 1. The summed E-state index contributed by atoms with van der Waals surface area (Å²) in [6.07, 6.45) is 0.812. The van der Waals surface area contributed by atoms with Crippen LogP contribution in [0.3, 0.4) is 0 Å². The molecule has 1 atom stereocenters. The Bertz CT molecular complexity index is 587. The number of para-hydroxylation sites is 2. The molecule has 1 unspecified atom stereocenters. The van der Waals surface area contributed by atoms with E-state index in [1.807, 2.05) is 35.8 Å². The van der Waals surface area contributed by atoms with Crippen LogP contribution in [-0.2, 0) is 4.74 Å². The molecule has 1 aromatic heterocycles. The number of imidazole rings is 1. The highest BCUT2D eigenvalue weighted by Gasteiger charge is 2.32. The molecule has 0 aliphatic heterocycles. The number of aldehydes is 1. The van der Waals surface area contributed by atoms with Gasteiger partial charge in [0.1, 0.15) is 13.9 Å². The number of benzene rings is 1. The van der Waals surface area contributed by atoms with Gasteiger partial charge >= 0.3 is 0 Å². The van der Waals surface area contributed by atoms with Crippen LogP contribution in [-0.4, -0.2) is 30.5 Å². The average Bonchev–Trinajstić information content (AvgIpc) is 2.72. The van der Waals surface area contributed by atoms with Crippen LogP contribution in [0.4, 0.5) is 0 Å². The van der Waals surface area contributed by atoms with E-state index in [1.54, 1.807) is 0 Å². The minimum atomic E-state index is -1.64. The van der Waals surface area contributed by atoms with Crippen molar-refractivity contribution in [3.05, 3.63) is 30.1 Å². The third-order valence-electron chi connectivity index (χ3n) is 3.03. The van der Waals surface area contributed by atoms with Gasteiger partial charge in [-0.05, 0) is 19.1 Å². The molecule has 102 valence electrons. The summed E-state index contributed by atoms with van der Waals surface area (Å²) in [5.74, 6) is 0.368. The quantitative estimate of drug-likeness (QED) is 0.622. The zero-order valence-electron chi connectivity index (χ0n) is 11.9. The maximum Gasteiger partial charge on any atom is 0.185 e. The molecule has 0 fully saturated rings. The van der Waals surface area contributed by atoms with Crippen LogP contribution in [0.15, 0.2) is 24.3 Å². The van der Waals surface area contributed by atoms with Gasteiger partial charge < -0.3 is 4.74 Å². The lowest BCUT2D eigenvalue weighted by molar-refractivity contribution is 0.0641. The van der Waals surface area contributed by atoms with Crippen molar-refractivity contribution < 1.29 is 9.53 Å². The van der Waals surface area contributed by atoms with Crippen molar-refractivity contribution in [1.29, 1.82) is 0 Å². The number of carbonyl (C=O) groups is 1. The highest BCUT2D eigenvalue weighted by molar-refractivity contribution is 6.76. The number of hydrogen-bond donors (Lipinski definition) is 0. The smallest absolute Gasteiger partial charge is 0.185 e. The maximum absolute atomic E-state index is 11.3. The minimum absolute atomic E-state index is 0.0786. The van der Waals surface area contributed by atoms with Crippen molar-refractivity contribution in [2.75, 3.05) is 6.61 Å². The minimum Gasteiger partial charge on any atom is -0.362 e. The van der Waals surface area contributed by atoms with E-state index in [4.69, 9.17) is 4.74 Å². The SMILES string of the molecule is CCOC(n1c(C=O)nc2ccccc21)[Si](C)(C)C. The largest absolute Gasteiger partial charge is 0.362 e. The van der Waals surface area contributed by atoms with Gasteiger partial charge in [0.2, 0.25) is 0 Å². The molecule has 0 amide bonds. The van der Waals surface area contributed by atoms with Crippen molar-refractivity contribution in [2.45, 2.75) is 32.4 Å². The van der Waals surface area contributed by atoms with E-state index in [9.17, 15) is 4.79 Å². The fourth-order valence-electron chi connectivity index (χ4n) is 2.26. The van der Waals surface area contributed by atoms with Crippen molar-refractivity contribution >= 4 is 25.4 Å². The Morgan fingerprint density at radius 3 is 2.63 bits per heavy atom. The molecule has 5 heteroatoms. The molecule has 0 aliphatic carbocycles. The van der Waals surface area contributed by atoms with Crippen LogP contribution in [0, 0.1) is 0 Å². The van der Waals surface area contributed by atoms with E-state index >= 15 is 0 Å². The van der Waals surface area contributed by atoms with Gasteiger partial charge in [0.25, 0.3) is 0 Å². The Kier molecular flexibility index (Phi) is 3.87. The predicted molar refractivity (Wildman–Crippen MR) is 79.1 cm³/mol. The van der Waals surface area contributed by atoms with Crippen molar-refractivity contribution in [3.8, 4) is 0 Å². The summed E-state index contributed by atoms with van der Waals surface area (Å²) in [5.41, 5.74) is 1.80. The standard InChI is InChI=1S/C14H20N2O2Si/c1-5-18-14(19(2,3)4)16-12-9-7-6-8-11(12)15-13(16)10-17/h6-10,14H,5H2,1-4H3. The second-order valence-corrected chi connectivity index (χ2v) is 10.8. The molecule has 2 rings (SSSR count). The third-order valence-corrected chi connectivity index (χ3v) is 4.93. The Balaban J connectivity index is 2.67. The van der Waals surface area contributed by atoms with E-state index in [-0.39, 0.29) is 5.85 Å². The van der Waals surface area contributed by atoms with Gasteiger partial charge in [-0.2, -0.15) is 0 Å². The second-order valence-electron chi connectivity index (χ2n) is 5.62. The molecule has 0 saturated carbocycles. The van der Waals surface area contributed by atoms with Gasteiger partial charge in [0, 0.05) is 6.61 Å². The molecule has 4 nitrogen and oxygen atoms in total. The molecule has 2 aromatic rings. The molecule has 1 aromatic carbocycles. The Morgan fingerprint density at radius 2 is 2.05 bits per heavy atom. The highest BCUT2D eigenvalue weighted by Crippen LogP contribution is 2.28. The van der Waals surface area contributed by atoms with E-state index in [0.29, 0.717) is 12.4 Å². The van der Waals surface area contributed by atoms with Crippen molar-refractivity contribution in [3.63, 3.8) is 0 Å². The van der Waals surface area contributed by atoms with Gasteiger partial charge in [-0.1, -0.05) is 31.8 Å². The number of carbonyl (C=O) groups excluding carboxylic acids is 1. The van der Waals surface area contributed by atoms with Crippen molar-refractivity contribution in [2.24, 2.45) is 0 Å². The fraction of sp³-hybridized carbons (Fsp3) is 0.429. The van der Waals surface area contributed by atoms with E-state index in [0.717, 1.165) is 17.3 Å². The van der Waals surface area contributed by atoms with Crippen LogP contribution in [0.2, 0.25) is 19.6 Å². The summed E-state index contributed by atoms with van der Waals surface area (Å²) in [4.78, 5) is 15.7. The Labute approximate surface area is 114 Å². The van der Waals surface area contributed by atoms with Crippen LogP contribution >= 0.6 is 0 Å². The number of nitrogens with zero attached hydrogens (tertiary/aromatic N) is 2. The average molecular weight is 276 g/mol. The molecule has 0 spiro atoms. The van der Waals surface area contributed by atoms with Crippen LogP contribution in [0.25, 0.3) is 11.0 Å². The lowest BCUT2D eigenvalue weighted by Crippen LogP contribution is -2.38. The summed E-state index contributed by atoms with van der Waals surface area (Å²) in [7, 11) is -1.64. The van der Waals surface area contributed by atoms with E-state index < -0.39 is 8.07 Å². The lowest BCUT2D eigenvalue weighted by Gasteiger charge is -2.30. The lowest BCUT2D eigenvalue weighted by atomic mass is 10.3. The molecular formula is C14H20N2O2Si. The van der Waals surface area contributed by atoms with Crippen LogP contribution < -0.4 is 0 Å². The zero-order chi connectivity index (χ0) is 14.0. The summed E-state index contributed by atoms with van der Waals surface area (Å²) in [6.45, 7) is 9.30. The molecule has 0 saturated heterocycles. The Morgan fingerprint density at radius 1 is 1.37 bits per heavy atom. The third kappa shape index (κ3) is 2.62. The maximum atomic E-state index is 11.3. The molecule has 0 bridgehead atoms.